The van der Waals surface area contributed by atoms with Crippen LogP contribution in [0.5, 0.6) is 0 Å². The van der Waals surface area contributed by atoms with Crippen molar-refractivity contribution in [2.45, 2.75) is 12.5 Å². The number of halogens is 2. The average Bonchev–Trinajstić information content (AvgIpc) is 2.76. The summed E-state index contributed by atoms with van der Waals surface area (Å²) in [6.07, 6.45) is 0. The predicted octanol–water partition coefficient (Wildman–Crippen LogP) is 3.53. The van der Waals surface area contributed by atoms with Gasteiger partial charge in [0.05, 0.1) is 12.1 Å². The quantitative estimate of drug-likeness (QED) is 0.922. The third-order valence-corrected chi connectivity index (χ3v) is 4.04. The first kappa shape index (κ1) is 13.9. The zero-order chi connectivity index (χ0) is 15.0. The van der Waals surface area contributed by atoms with E-state index in [-0.39, 0.29) is 5.82 Å². The van der Waals surface area contributed by atoms with Crippen molar-refractivity contribution < 1.29 is 4.39 Å². The van der Waals surface area contributed by atoms with E-state index < -0.39 is 5.54 Å². The second kappa shape index (κ2) is 5.04. The van der Waals surface area contributed by atoms with Gasteiger partial charge in [-0.15, -0.1) is 0 Å². The number of rotatable bonds is 2. The molecule has 0 spiro atoms. The van der Waals surface area contributed by atoms with Gasteiger partial charge in [0, 0.05) is 10.7 Å². The minimum atomic E-state index is -0.456. The van der Waals surface area contributed by atoms with Gasteiger partial charge in [0.15, 0.2) is 5.96 Å². The Hall–Kier alpha value is -2.07. The lowest BCUT2D eigenvalue weighted by Gasteiger charge is -2.36. The van der Waals surface area contributed by atoms with E-state index in [2.05, 4.69) is 4.99 Å². The van der Waals surface area contributed by atoms with E-state index in [0.717, 1.165) is 11.3 Å². The van der Waals surface area contributed by atoms with E-state index >= 15 is 0 Å². The van der Waals surface area contributed by atoms with Gasteiger partial charge in [-0.3, -0.25) is 4.99 Å². The average molecular weight is 304 g/mol. The molecule has 0 saturated carbocycles. The van der Waals surface area contributed by atoms with E-state index in [1.165, 1.54) is 12.1 Å². The molecule has 1 unspecified atom stereocenters. The van der Waals surface area contributed by atoms with Gasteiger partial charge < -0.3 is 10.6 Å². The Morgan fingerprint density at radius 1 is 1.24 bits per heavy atom. The number of guanidine groups is 1. The van der Waals surface area contributed by atoms with Crippen LogP contribution in [0.25, 0.3) is 0 Å². The lowest BCUT2D eigenvalue weighted by Crippen LogP contribution is -2.47. The van der Waals surface area contributed by atoms with Gasteiger partial charge in [-0.05, 0) is 42.8 Å². The SMILES string of the molecule is CC1(c2ccc(F)cc2)CN=C(N)N1c1cccc(Cl)c1. The first-order chi connectivity index (χ1) is 10.0. The number of anilines is 1. The summed E-state index contributed by atoms with van der Waals surface area (Å²) in [5.74, 6) is 0.174. The first-order valence-electron chi connectivity index (χ1n) is 6.62. The molecule has 5 heteroatoms. The normalized spacial score (nSPS) is 21.5. The van der Waals surface area contributed by atoms with Crippen molar-refractivity contribution >= 4 is 23.2 Å². The van der Waals surface area contributed by atoms with Gasteiger partial charge in [0.25, 0.3) is 0 Å². The number of aliphatic imine (C=N–C) groups is 1. The summed E-state index contributed by atoms with van der Waals surface area (Å²) in [5.41, 5.74) is 7.43. The molecule has 2 aromatic carbocycles. The molecule has 1 atom stereocenters. The van der Waals surface area contributed by atoms with Crippen LogP contribution in [-0.4, -0.2) is 12.5 Å². The molecular weight excluding hydrogens is 289 g/mol. The number of benzene rings is 2. The van der Waals surface area contributed by atoms with Crippen LogP contribution in [0.4, 0.5) is 10.1 Å². The summed E-state index contributed by atoms with van der Waals surface area (Å²) in [4.78, 5) is 6.30. The molecule has 2 aromatic rings. The third kappa shape index (κ3) is 2.36. The van der Waals surface area contributed by atoms with E-state index in [4.69, 9.17) is 17.3 Å². The minimum Gasteiger partial charge on any atom is -0.369 e. The van der Waals surface area contributed by atoms with Crippen LogP contribution in [0.15, 0.2) is 53.5 Å². The van der Waals surface area contributed by atoms with Crippen molar-refractivity contribution in [3.05, 3.63) is 64.9 Å². The Kier molecular flexibility index (Phi) is 3.33. The molecule has 3 nitrogen and oxygen atoms in total. The molecular formula is C16H15ClFN3. The van der Waals surface area contributed by atoms with Crippen LogP contribution in [0, 0.1) is 5.82 Å². The van der Waals surface area contributed by atoms with Gasteiger partial charge >= 0.3 is 0 Å². The summed E-state index contributed by atoms with van der Waals surface area (Å²) in [6.45, 7) is 2.54. The molecule has 0 bridgehead atoms. The van der Waals surface area contributed by atoms with Crippen LogP contribution in [0.2, 0.25) is 5.02 Å². The largest absolute Gasteiger partial charge is 0.369 e. The molecule has 0 radical (unpaired) electrons. The van der Waals surface area contributed by atoms with Crippen molar-refractivity contribution in [1.82, 2.24) is 0 Å². The van der Waals surface area contributed by atoms with Crippen LogP contribution >= 0.6 is 11.6 Å². The standard InChI is InChI=1S/C16H15ClFN3/c1-16(11-5-7-13(18)8-6-11)10-20-15(19)21(16)14-4-2-3-12(17)9-14/h2-9H,10H2,1H3,(H2,19,20). The van der Waals surface area contributed by atoms with E-state index in [1.54, 1.807) is 12.1 Å². The topological polar surface area (TPSA) is 41.6 Å². The van der Waals surface area contributed by atoms with E-state index in [9.17, 15) is 4.39 Å². The molecule has 1 aliphatic rings. The second-order valence-corrected chi connectivity index (χ2v) is 5.71. The molecule has 21 heavy (non-hydrogen) atoms. The number of nitrogens with zero attached hydrogens (tertiary/aromatic N) is 2. The molecule has 1 aliphatic heterocycles. The van der Waals surface area contributed by atoms with Crippen molar-refractivity contribution in [3.63, 3.8) is 0 Å². The Morgan fingerprint density at radius 2 is 1.95 bits per heavy atom. The van der Waals surface area contributed by atoms with Crippen LogP contribution in [0.3, 0.4) is 0 Å². The Bertz CT molecular complexity index is 699. The molecule has 1 heterocycles. The smallest absolute Gasteiger partial charge is 0.196 e. The van der Waals surface area contributed by atoms with Crippen molar-refractivity contribution in [3.8, 4) is 0 Å². The molecule has 108 valence electrons. The highest BCUT2D eigenvalue weighted by Crippen LogP contribution is 2.37. The van der Waals surface area contributed by atoms with Gasteiger partial charge in [-0.1, -0.05) is 29.8 Å². The summed E-state index contributed by atoms with van der Waals surface area (Å²) >= 11 is 6.07. The highest BCUT2D eigenvalue weighted by Gasteiger charge is 2.40. The number of nitrogens with two attached hydrogens (primary N) is 1. The molecule has 3 rings (SSSR count). The van der Waals surface area contributed by atoms with Gasteiger partial charge in [0.1, 0.15) is 5.82 Å². The van der Waals surface area contributed by atoms with Gasteiger partial charge in [-0.2, -0.15) is 0 Å². The molecule has 0 fully saturated rings. The molecule has 0 aromatic heterocycles. The summed E-state index contributed by atoms with van der Waals surface area (Å²) < 4.78 is 13.2. The lowest BCUT2D eigenvalue weighted by atomic mass is 9.90. The zero-order valence-corrected chi connectivity index (χ0v) is 12.3. The Morgan fingerprint density at radius 3 is 2.62 bits per heavy atom. The van der Waals surface area contributed by atoms with Crippen LogP contribution in [-0.2, 0) is 5.54 Å². The zero-order valence-electron chi connectivity index (χ0n) is 11.6. The monoisotopic (exact) mass is 303 g/mol. The maximum Gasteiger partial charge on any atom is 0.196 e. The third-order valence-electron chi connectivity index (χ3n) is 3.80. The maximum atomic E-state index is 13.2. The minimum absolute atomic E-state index is 0.261. The number of hydrogen-bond acceptors (Lipinski definition) is 3. The Balaban J connectivity index is 2.07. The van der Waals surface area contributed by atoms with E-state index in [1.807, 2.05) is 36.1 Å². The first-order valence-corrected chi connectivity index (χ1v) is 7.00. The van der Waals surface area contributed by atoms with Crippen LogP contribution in [0.1, 0.15) is 12.5 Å². The van der Waals surface area contributed by atoms with Crippen molar-refractivity contribution in [2.24, 2.45) is 10.7 Å². The fourth-order valence-electron chi connectivity index (χ4n) is 2.69. The molecule has 2 N–H and O–H groups in total. The van der Waals surface area contributed by atoms with Gasteiger partial charge in [0.2, 0.25) is 0 Å². The number of hydrogen-bond donors (Lipinski definition) is 1. The second-order valence-electron chi connectivity index (χ2n) is 5.27. The molecule has 0 aliphatic carbocycles. The van der Waals surface area contributed by atoms with Crippen molar-refractivity contribution in [2.75, 3.05) is 11.4 Å². The molecule has 0 amide bonds. The summed E-state index contributed by atoms with van der Waals surface area (Å²) in [6, 6.07) is 13.9. The van der Waals surface area contributed by atoms with Crippen molar-refractivity contribution in [1.29, 1.82) is 0 Å². The highest BCUT2D eigenvalue weighted by molar-refractivity contribution is 6.31. The van der Waals surface area contributed by atoms with Gasteiger partial charge in [-0.25, -0.2) is 4.39 Å². The fraction of sp³-hybridized carbons (Fsp3) is 0.188. The summed E-state index contributed by atoms with van der Waals surface area (Å²) in [7, 11) is 0. The maximum absolute atomic E-state index is 13.2. The fourth-order valence-corrected chi connectivity index (χ4v) is 2.88. The lowest BCUT2D eigenvalue weighted by molar-refractivity contribution is 0.530. The summed E-state index contributed by atoms with van der Waals surface area (Å²) in [5, 5.41) is 0.633. The van der Waals surface area contributed by atoms with E-state index in [0.29, 0.717) is 17.5 Å². The molecule has 0 saturated heterocycles. The van der Waals surface area contributed by atoms with Crippen LogP contribution < -0.4 is 10.6 Å². The Labute approximate surface area is 127 Å². The predicted molar refractivity (Wildman–Crippen MR) is 84.2 cm³/mol. The highest BCUT2D eigenvalue weighted by atomic mass is 35.5.